The maximum Gasteiger partial charge on any atom is 0.228 e. The highest BCUT2D eigenvalue weighted by molar-refractivity contribution is 6.08. The number of rotatable bonds is 6. The van der Waals surface area contributed by atoms with Crippen molar-refractivity contribution in [3.63, 3.8) is 0 Å². The van der Waals surface area contributed by atoms with Gasteiger partial charge in [-0.3, -0.25) is 19.4 Å². The standard InChI is InChI=1S/C48H34F2N6O2/c1-29(57)55(35-17-13-33(49)14-18-35)47-41-25-21-37(51-41)45(31-9-5-3-6-10-31)39-23-27-43(53-39)48(56(30(2)58)36-19-15-34(50)16-20-36)44-28-24-40(54-44)46(32-11-7-4-8-12-32)38-22-26-42(47)52-38/h3-28,51,54H,1-2H3. The Kier molecular flexibility index (Phi) is 9.14. The van der Waals surface area contributed by atoms with Gasteiger partial charge in [-0.1, -0.05) is 60.7 Å². The van der Waals surface area contributed by atoms with Crippen LogP contribution in [-0.2, 0) is 9.59 Å². The summed E-state index contributed by atoms with van der Waals surface area (Å²) in [6.45, 7) is 2.93. The second-order valence-corrected chi connectivity index (χ2v) is 13.8. The molecular weight excluding hydrogens is 731 g/mol. The summed E-state index contributed by atoms with van der Waals surface area (Å²) >= 11 is 0. The number of hydrogen-bond donors (Lipinski definition) is 2. The van der Waals surface area contributed by atoms with Crippen molar-refractivity contribution in [3.8, 4) is 22.3 Å². The van der Waals surface area contributed by atoms with Gasteiger partial charge in [0.25, 0.3) is 0 Å². The lowest BCUT2D eigenvalue weighted by atomic mass is 10.0. The summed E-state index contributed by atoms with van der Waals surface area (Å²) in [4.78, 5) is 48.1. The first-order valence-electron chi connectivity index (χ1n) is 18.6. The van der Waals surface area contributed by atoms with Gasteiger partial charge in [0.15, 0.2) is 0 Å². The molecule has 2 aliphatic heterocycles. The summed E-state index contributed by atoms with van der Waals surface area (Å²) in [5.74, 6) is -1.45. The van der Waals surface area contributed by atoms with Gasteiger partial charge >= 0.3 is 0 Å². The molecule has 0 spiro atoms. The number of fused-ring (bicyclic) bond motifs is 8. The molecule has 2 amide bonds. The van der Waals surface area contributed by atoms with Crippen LogP contribution in [-0.4, -0.2) is 31.8 Å². The van der Waals surface area contributed by atoms with Crippen molar-refractivity contribution >= 4 is 80.9 Å². The maximum absolute atomic E-state index is 14.2. The molecule has 0 radical (unpaired) electrons. The van der Waals surface area contributed by atoms with Crippen LogP contribution in [0.1, 0.15) is 36.6 Å². The lowest BCUT2D eigenvalue weighted by Gasteiger charge is -2.22. The van der Waals surface area contributed by atoms with E-state index in [0.29, 0.717) is 67.6 Å². The van der Waals surface area contributed by atoms with Crippen LogP contribution in [0, 0.1) is 11.6 Å². The van der Waals surface area contributed by atoms with Gasteiger partial charge in [-0.15, -0.1) is 0 Å². The van der Waals surface area contributed by atoms with E-state index >= 15 is 0 Å². The smallest absolute Gasteiger partial charge is 0.228 e. The summed E-state index contributed by atoms with van der Waals surface area (Å²) in [6, 6.07) is 38.8. The number of amides is 2. The monoisotopic (exact) mass is 764 g/mol. The van der Waals surface area contributed by atoms with E-state index in [0.717, 1.165) is 22.3 Å². The van der Waals surface area contributed by atoms with Crippen LogP contribution in [0.2, 0.25) is 0 Å². The number of benzene rings is 4. The first kappa shape index (κ1) is 35.9. The Morgan fingerprint density at radius 1 is 0.448 bits per heavy atom. The topological polar surface area (TPSA) is 98.0 Å². The lowest BCUT2D eigenvalue weighted by Crippen LogP contribution is -2.23. The molecule has 282 valence electrons. The minimum atomic E-state index is -0.424. The molecule has 0 fully saturated rings. The first-order chi connectivity index (χ1) is 28.2. The number of hydrogen-bond acceptors (Lipinski definition) is 4. The molecule has 0 aliphatic carbocycles. The molecule has 8 bridgehead atoms. The van der Waals surface area contributed by atoms with Gasteiger partial charge in [0.1, 0.15) is 11.6 Å². The third-order valence-corrected chi connectivity index (χ3v) is 10.1. The van der Waals surface area contributed by atoms with Crippen LogP contribution >= 0.6 is 0 Å². The Balaban J connectivity index is 1.47. The minimum absolute atomic E-state index is 0.299. The van der Waals surface area contributed by atoms with Gasteiger partial charge in [-0.25, -0.2) is 18.7 Å². The molecule has 0 saturated heterocycles. The van der Waals surface area contributed by atoms with Gasteiger partial charge in [0, 0.05) is 47.4 Å². The van der Waals surface area contributed by atoms with Crippen molar-refractivity contribution in [2.24, 2.45) is 0 Å². The molecule has 2 aliphatic rings. The molecule has 58 heavy (non-hydrogen) atoms. The molecule has 8 nitrogen and oxygen atoms in total. The van der Waals surface area contributed by atoms with Gasteiger partial charge in [0.2, 0.25) is 11.8 Å². The maximum atomic E-state index is 14.2. The molecule has 7 aromatic rings. The zero-order chi connectivity index (χ0) is 39.9. The normalized spacial score (nSPS) is 11.8. The summed E-state index contributed by atoms with van der Waals surface area (Å²) < 4.78 is 28.5. The van der Waals surface area contributed by atoms with Crippen molar-refractivity contribution in [1.82, 2.24) is 19.9 Å². The predicted molar refractivity (Wildman–Crippen MR) is 228 cm³/mol. The van der Waals surface area contributed by atoms with E-state index in [1.165, 1.54) is 47.9 Å². The van der Waals surface area contributed by atoms with Gasteiger partial charge in [-0.2, -0.15) is 0 Å². The van der Waals surface area contributed by atoms with Crippen molar-refractivity contribution in [2.75, 3.05) is 9.80 Å². The fraction of sp³-hybridized carbons (Fsp3) is 0.0417. The number of nitrogens with one attached hydrogen (secondary N) is 2. The second-order valence-electron chi connectivity index (χ2n) is 13.8. The first-order valence-corrected chi connectivity index (χ1v) is 18.6. The second kappa shape index (κ2) is 14.7. The predicted octanol–water partition coefficient (Wildman–Crippen LogP) is 11.6. The lowest BCUT2D eigenvalue weighted by molar-refractivity contribution is -0.116. The summed E-state index contributed by atoms with van der Waals surface area (Å²) in [5, 5.41) is 0. The van der Waals surface area contributed by atoms with E-state index in [1.807, 2.05) is 109 Å². The molecular formula is C48H34F2N6O2. The minimum Gasteiger partial charge on any atom is -0.353 e. The summed E-state index contributed by atoms with van der Waals surface area (Å²) in [5.41, 5.74) is 9.93. The Hall–Kier alpha value is -7.72. The zero-order valence-corrected chi connectivity index (χ0v) is 31.4. The van der Waals surface area contributed by atoms with E-state index in [9.17, 15) is 18.4 Å². The van der Waals surface area contributed by atoms with E-state index in [-0.39, 0.29) is 11.8 Å². The molecule has 0 atom stereocenters. The van der Waals surface area contributed by atoms with Crippen molar-refractivity contribution in [1.29, 1.82) is 0 Å². The number of nitrogens with zero attached hydrogens (tertiary/aromatic N) is 4. The molecule has 9 rings (SSSR count). The number of aromatic amines is 2. The Labute approximate surface area is 332 Å². The fourth-order valence-corrected chi connectivity index (χ4v) is 7.58. The van der Waals surface area contributed by atoms with Crippen LogP contribution < -0.4 is 9.80 Å². The Bertz CT molecular complexity index is 2770. The largest absolute Gasteiger partial charge is 0.353 e. The van der Waals surface area contributed by atoms with E-state index in [1.54, 1.807) is 24.3 Å². The number of anilines is 4. The van der Waals surface area contributed by atoms with E-state index in [2.05, 4.69) is 9.97 Å². The Morgan fingerprint density at radius 2 is 0.793 bits per heavy atom. The molecule has 3 aromatic heterocycles. The van der Waals surface area contributed by atoms with E-state index < -0.39 is 11.6 Å². The highest BCUT2D eigenvalue weighted by atomic mass is 19.1. The molecule has 0 unspecified atom stereocenters. The highest BCUT2D eigenvalue weighted by Gasteiger charge is 2.25. The molecule has 0 saturated carbocycles. The number of halogens is 2. The van der Waals surface area contributed by atoms with Crippen molar-refractivity contribution in [3.05, 3.63) is 168 Å². The number of aromatic nitrogens is 4. The number of H-pyrrole nitrogens is 2. The van der Waals surface area contributed by atoms with Crippen molar-refractivity contribution < 1.29 is 18.4 Å². The quantitative estimate of drug-likeness (QED) is 0.176. The summed E-state index contributed by atoms with van der Waals surface area (Å²) in [7, 11) is 0. The third kappa shape index (κ3) is 6.56. The average Bonchev–Trinajstić information content (AvgIpc) is 4.07. The van der Waals surface area contributed by atoms with Crippen LogP contribution in [0.3, 0.4) is 0 Å². The van der Waals surface area contributed by atoms with Gasteiger partial charge in [0.05, 0.1) is 45.2 Å². The Morgan fingerprint density at radius 3 is 1.16 bits per heavy atom. The van der Waals surface area contributed by atoms with Crippen LogP contribution in [0.15, 0.2) is 133 Å². The zero-order valence-electron chi connectivity index (χ0n) is 31.4. The molecule has 5 heterocycles. The number of carbonyl (C=O) groups excluding carboxylic acids is 2. The average molecular weight is 765 g/mol. The van der Waals surface area contributed by atoms with Crippen molar-refractivity contribution in [2.45, 2.75) is 13.8 Å². The van der Waals surface area contributed by atoms with Crippen LogP contribution in [0.25, 0.3) is 68.6 Å². The molecule has 10 heteroatoms. The summed E-state index contributed by atoms with van der Waals surface area (Å²) in [6.07, 6.45) is 7.54. The number of carbonyl (C=O) groups is 2. The van der Waals surface area contributed by atoms with E-state index in [4.69, 9.17) is 9.97 Å². The van der Waals surface area contributed by atoms with Gasteiger partial charge < -0.3 is 9.97 Å². The van der Waals surface area contributed by atoms with Gasteiger partial charge in [-0.05, 0) is 108 Å². The third-order valence-electron chi connectivity index (χ3n) is 10.1. The van der Waals surface area contributed by atoms with Crippen LogP contribution in [0.4, 0.5) is 31.5 Å². The molecule has 2 N–H and O–H groups in total. The SMILES string of the molecule is CC(=O)N(c1ccc(F)cc1)c1c2nc(c(-c3ccccc3)c3ccc([nH]3)c(N(C(C)=O)c3ccc(F)cc3)c3nc(c(-c4ccccc4)c4ccc1[nH]4)C=C3)C=C2. The highest BCUT2D eigenvalue weighted by Crippen LogP contribution is 2.40. The molecule has 4 aromatic carbocycles. The van der Waals surface area contributed by atoms with Crippen LogP contribution in [0.5, 0.6) is 0 Å². The fourth-order valence-electron chi connectivity index (χ4n) is 7.58.